The lowest BCUT2D eigenvalue weighted by molar-refractivity contribution is -0.492. The van der Waals surface area contributed by atoms with Crippen LogP contribution in [0.5, 0.6) is 0 Å². The predicted molar refractivity (Wildman–Crippen MR) is 156 cm³/mol. The van der Waals surface area contributed by atoms with Crippen LogP contribution in [0, 0.1) is 22.7 Å². The minimum atomic E-state index is -2.56. The summed E-state index contributed by atoms with van der Waals surface area (Å²) >= 11 is 0. The highest BCUT2D eigenvalue weighted by molar-refractivity contribution is 6.01. The van der Waals surface area contributed by atoms with E-state index in [9.17, 15) is 44.4 Å². The molecule has 17 heteroatoms. The minimum Gasteiger partial charge on any atom is -0.480 e. The molecule has 7 N–H and O–H groups in total. The number of alkyl carbamates (subject to hydrolysis) is 1. The molecule has 16 nitrogen and oxygen atoms in total. The molecule has 0 spiro atoms. The van der Waals surface area contributed by atoms with Crippen molar-refractivity contribution in [2.24, 2.45) is 22.7 Å². The average molecular weight is 687 g/mol. The van der Waals surface area contributed by atoms with E-state index >= 15 is 4.39 Å². The van der Waals surface area contributed by atoms with Crippen LogP contribution in [-0.2, 0) is 33.5 Å². The zero-order valence-electron chi connectivity index (χ0n) is 26.7. The van der Waals surface area contributed by atoms with Gasteiger partial charge >= 0.3 is 18.0 Å². The van der Waals surface area contributed by atoms with Crippen molar-refractivity contribution in [1.29, 1.82) is 0 Å². The lowest BCUT2D eigenvalue weighted by atomic mass is 9.44. The number of halogens is 1. The SMILES string of the molecule is C[C@]12C=CC(=O)C=C1CC[C@H]1[C@@H]3C[C@@H](O)[C@](O)(C(=O)COC(=O)NC(COC(=O)CCCCCON(O)O)C(=O)O)[C@@]3(C)C[C@H](O)[C@@]12F. The molecule has 1 unspecified atom stereocenters. The van der Waals surface area contributed by atoms with Crippen molar-refractivity contribution in [2.45, 2.75) is 94.7 Å². The normalized spacial score (nSPS) is 35.9. The summed E-state index contributed by atoms with van der Waals surface area (Å²) in [7, 11) is 0. The van der Waals surface area contributed by atoms with E-state index in [1.54, 1.807) is 6.92 Å². The fourth-order valence-corrected chi connectivity index (χ4v) is 8.27. The van der Waals surface area contributed by atoms with Crippen molar-refractivity contribution < 1.29 is 73.5 Å². The van der Waals surface area contributed by atoms with E-state index in [0.717, 1.165) is 0 Å². The quantitative estimate of drug-likeness (QED) is 0.0763. The van der Waals surface area contributed by atoms with Gasteiger partial charge in [0.05, 0.1) is 24.2 Å². The Bertz CT molecular complexity index is 1360. The number of alkyl halides is 1. The molecule has 0 aromatic heterocycles. The number of esters is 1. The third kappa shape index (κ3) is 6.64. The molecular formula is C31H43FN2O14. The van der Waals surface area contributed by atoms with E-state index in [0.29, 0.717) is 31.3 Å². The second-order valence-corrected chi connectivity index (χ2v) is 13.4. The first-order valence-corrected chi connectivity index (χ1v) is 15.8. The molecule has 268 valence electrons. The topological polar surface area (TPSA) is 250 Å². The van der Waals surface area contributed by atoms with Gasteiger partial charge in [-0.05, 0) is 63.5 Å². The highest BCUT2D eigenvalue weighted by Crippen LogP contribution is 2.69. The third-order valence-corrected chi connectivity index (χ3v) is 10.9. The maximum atomic E-state index is 17.3. The van der Waals surface area contributed by atoms with Gasteiger partial charge in [-0.25, -0.2) is 14.0 Å². The number of ether oxygens (including phenoxy) is 2. The molecule has 4 rings (SSSR count). The number of ketones is 2. The average Bonchev–Trinajstić information content (AvgIpc) is 3.21. The number of carbonyl (C=O) groups is 5. The Hall–Kier alpha value is -3.32. The Kier molecular flexibility index (Phi) is 11.1. The number of rotatable bonds is 14. The van der Waals surface area contributed by atoms with Crippen LogP contribution in [0.4, 0.5) is 9.18 Å². The Morgan fingerprint density at radius 1 is 1.08 bits per heavy atom. The number of allylic oxidation sites excluding steroid dienone is 4. The molecule has 3 fully saturated rings. The van der Waals surface area contributed by atoms with Crippen molar-refractivity contribution in [2.75, 3.05) is 19.8 Å². The molecule has 0 aromatic rings. The van der Waals surface area contributed by atoms with Crippen molar-refractivity contribution in [3.63, 3.8) is 0 Å². The zero-order valence-corrected chi connectivity index (χ0v) is 26.7. The van der Waals surface area contributed by atoms with Crippen molar-refractivity contribution in [3.8, 4) is 0 Å². The molecule has 1 amide bonds. The van der Waals surface area contributed by atoms with Gasteiger partial charge < -0.3 is 35.2 Å². The first kappa shape index (κ1) is 37.5. The number of Topliss-reactive ketones (excluding diaryl/α,β-unsaturated/α-hetero) is 1. The largest absolute Gasteiger partial charge is 0.480 e. The second-order valence-electron chi connectivity index (χ2n) is 13.4. The van der Waals surface area contributed by atoms with Crippen molar-refractivity contribution in [3.05, 3.63) is 23.8 Å². The van der Waals surface area contributed by atoms with E-state index in [1.165, 1.54) is 25.2 Å². The van der Waals surface area contributed by atoms with Gasteiger partial charge in [0.25, 0.3) is 0 Å². The van der Waals surface area contributed by atoms with Gasteiger partial charge in [-0.1, -0.05) is 25.0 Å². The number of amides is 1. The maximum Gasteiger partial charge on any atom is 0.408 e. The van der Waals surface area contributed by atoms with Crippen molar-refractivity contribution in [1.82, 2.24) is 10.7 Å². The van der Waals surface area contributed by atoms with Crippen LogP contribution in [-0.4, -0.2) is 115 Å². The number of aliphatic hydroxyl groups is 3. The smallest absolute Gasteiger partial charge is 0.408 e. The molecule has 0 radical (unpaired) electrons. The van der Waals surface area contributed by atoms with Crippen LogP contribution in [0.1, 0.15) is 65.2 Å². The highest BCUT2D eigenvalue weighted by Gasteiger charge is 2.76. The number of carbonyl (C=O) groups excluding carboxylic acids is 4. The number of nitrogens with one attached hydrogen (secondary N) is 1. The molecule has 0 aromatic carbocycles. The number of hydrogen-bond acceptors (Lipinski definition) is 14. The predicted octanol–water partition coefficient (Wildman–Crippen LogP) is 0.923. The molecule has 0 heterocycles. The van der Waals surface area contributed by atoms with E-state index in [-0.39, 0.29) is 31.7 Å². The molecular weight excluding hydrogens is 643 g/mol. The number of fused-ring (bicyclic) bond motifs is 5. The Morgan fingerprint density at radius 3 is 2.46 bits per heavy atom. The van der Waals surface area contributed by atoms with E-state index < -0.39 is 101 Å². The molecule has 48 heavy (non-hydrogen) atoms. The number of aliphatic hydroxyl groups excluding tert-OH is 2. The van der Waals surface area contributed by atoms with Gasteiger partial charge in [0.1, 0.15) is 6.61 Å². The van der Waals surface area contributed by atoms with Crippen molar-refractivity contribution >= 4 is 29.6 Å². The Labute approximate surface area is 275 Å². The zero-order chi connectivity index (χ0) is 35.7. The summed E-state index contributed by atoms with van der Waals surface area (Å²) in [5, 5.41) is 62.1. The molecule has 4 aliphatic rings. The van der Waals surface area contributed by atoms with E-state index in [2.05, 4.69) is 4.84 Å². The lowest BCUT2D eigenvalue weighted by Crippen LogP contribution is -2.69. The molecule has 0 aliphatic heterocycles. The Morgan fingerprint density at radius 2 is 1.79 bits per heavy atom. The monoisotopic (exact) mass is 686 g/mol. The second kappa shape index (κ2) is 14.3. The first-order valence-electron chi connectivity index (χ1n) is 15.8. The minimum absolute atomic E-state index is 0.0193. The number of nitrogens with zero attached hydrogens (tertiary/aromatic N) is 1. The fraction of sp³-hybridized carbons (Fsp3) is 0.710. The van der Waals surface area contributed by atoms with E-state index in [1.807, 2.05) is 5.32 Å². The van der Waals surface area contributed by atoms with Gasteiger partial charge in [-0.15, -0.1) is 0 Å². The standard InChI is InChI=1S/C31H43FN2O14/c1-28-10-9-18(35)12-17(28)7-8-19-20-13-22(36)31(43,29(20,2)14-23(37)30(19,28)32)24(38)16-47-27(42)33-21(26(40)41)15-46-25(39)6-4-3-5-11-48-34(44)45/h9-10,12,19-23,36-37,43-45H,3-8,11,13-16H2,1-2H3,(H,33,42)(H,40,41)/t19-,20-,21?,22+,23-,28-,29-,30-,31-/m0/s1. The van der Waals surface area contributed by atoms with Crippen LogP contribution < -0.4 is 5.32 Å². The van der Waals surface area contributed by atoms with Gasteiger partial charge in [0.15, 0.2) is 29.7 Å². The summed E-state index contributed by atoms with van der Waals surface area (Å²) in [6, 6.07) is -1.76. The number of unbranched alkanes of at least 4 members (excludes halogenated alkanes) is 2. The van der Waals surface area contributed by atoms with Crippen LogP contribution in [0.3, 0.4) is 0 Å². The summed E-state index contributed by atoms with van der Waals surface area (Å²) < 4.78 is 27.1. The third-order valence-electron chi connectivity index (χ3n) is 10.9. The molecule has 0 saturated heterocycles. The summed E-state index contributed by atoms with van der Waals surface area (Å²) in [5.41, 5.74) is -7.15. The maximum absolute atomic E-state index is 17.3. The van der Waals surface area contributed by atoms with Crippen LogP contribution in [0.25, 0.3) is 0 Å². The van der Waals surface area contributed by atoms with E-state index in [4.69, 9.17) is 19.9 Å². The van der Waals surface area contributed by atoms with Gasteiger partial charge in [-0.3, -0.25) is 29.6 Å². The van der Waals surface area contributed by atoms with Crippen LogP contribution in [0.2, 0.25) is 0 Å². The van der Waals surface area contributed by atoms with Gasteiger partial charge in [-0.2, -0.15) is 0 Å². The molecule has 4 aliphatic carbocycles. The fourth-order valence-electron chi connectivity index (χ4n) is 8.27. The van der Waals surface area contributed by atoms with Gasteiger partial charge in [0.2, 0.25) is 5.78 Å². The van der Waals surface area contributed by atoms with Gasteiger partial charge in [0, 0.05) is 23.2 Å². The van der Waals surface area contributed by atoms with Crippen LogP contribution in [0.15, 0.2) is 23.8 Å². The first-order chi connectivity index (χ1) is 22.4. The number of aliphatic carboxylic acids is 1. The molecule has 0 bridgehead atoms. The number of hydrogen-bond donors (Lipinski definition) is 7. The number of carboxylic acid groups (broad SMARTS) is 1. The number of carboxylic acids is 1. The lowest BCUT2D eigenvalue weighted by Gasteiger charge is -2.62. The summed E-state index contributed by atoms with van der Waals surface area (Å²) in [4.78, 5) is 65.9. The molecule has 9 atom stereocenters. The summed E-state index contributed by atoms with van der Waals surface area (Å²) in [6.07, 6.45) is 0.264. The molecule has 3 saturated carbocycles. The summed E-state index contributed by atoms with van der Waals surface area (Å²) in [5.74, 6) is -5.45. The highest BCUT2D eigenvalue weighted by atomic mass is 19.1. The Balaban J connectivity index is 1.35. The van der Waals surface area contributed by atoms with Crippen LogP contribution >= 0.6 is 0 Å². The summed E-state index contributed by atoms with van der Waals surface area (Å²) in [6.45, 7) is 1.19.